The van der Waals surface area contributed by atoms with Gasteiger partial charge in [0.05, 0.1) is 5.02 Å². The third kappa shape index (κ3) is 3.69. The molecule has 1 heterocycles. The molecule has 0 saturated carbocycles. The van der Waals surface area contributed by atoms with Crippen molar-refractivity contribution in [1.82, 2.24) is 4.98 Å². The van der Waals surface area contributed by atoms with Gasteiger partial charge in [-0.3, -0.25) is 0 Å². The van der Waals surface area contributed by atoms with E-state index >= 15 is 0 Å². The second-order valence-electron chi connectivity index (χ2n) is 4.69. The van der Waals surface area contributed by atoms with Crippen molar-refractivity contribution in [2.75, 3.05) is 0 Å². The highest BCUT2D eigenvalue weighted by Gasteiger charge is 2.10. The summed E-state index contributed by atoms with van der Waals surface area (Å²) >= 11 is 6.16. The van der Waals surface area contributed by atoms with Crippen molar-refractivity contribution in [3.05, 3.63) is 52.7 Å². The zero-order valence-corrected chi connectivity index (χ0v) is 11.8. The molecular weight excluding hydrogens is 260 g/mol. The van der Waals surface area contributed by atoms with Gasteiger partial charge in [-0.05, 0) is 44.0 Å². The van der Waals surface area contributed by atoms with Gasteiger partial charge >= 0.3 is 0 Å². The molecule has 1 aromatic heterocycles. The summed E-state index contributed by atoms with van der Waals surface area (Å²) in [6.45, 7) is 3.94. The second-order valence-corrected chi connectivity index (χ2v) is 5.09. The Kier molecular flexibility index (Phi) is 4.40. The molecule has 4 heteroatoms. The van der Waals surface area contributed by atoms with Gasteiger partial charge in [-0.1, -0.05) is 23.7 Å². The highest BCUT2D eigenvalue weighted by atomic mass is 35.5. The Labute approximate surface area is 118 Å². The molecule has 0 spiro atoms. The van der Waals surface area contributed by atoms with E-state index in [2.05, 4.69) is 4.98 Å². The van der Waals surface area contributed by atoms with Crippen molar-refractivity contribution >= 4 is 11.6 Å². The molecule has 0 aliphatic heterocycles. The number of hydrogen-bond donors (Lipinski definition) is 1. The summed E-state index contributed by atoms with van der Waals surface area (Å²) in [7, 11) is 0. The van der Waals surface area contributed by atoms with E-state index in [0.29, 0.717) is 23.1 Å². The fraction of sp³-hybridized carbons (Fsp3) is 0.267. The first-order valence-electron chi connectivity index (χ1n) is 6.19. The summed E-state index contributed by atoms with van der Waals surface area (Å²) in [5.74, 6) is 1.17. The first-order chi connectivity index (χ1) is 9.06. The van der Waals surface area contributed by atoms with Crippen LogP contribution in [0.3, 0.4) is 0 Å². The molecule has 0 amide bonds. The van der Waals surface area contributed by atoms with Crippen molar-refractivity contribution < 1.29 is 4.74 Å². The number of pyridine rings is 1. The van der Waals surface area contributed by atoms with Gasteiger partial charge in [0.25, 0.3) is 0 Å². The summed E-state index contributed by atoms with van der Waals surface area (Å²) < 4.78 is 5.80. The van der Waals surface area contributed by atoms with E-state index in [4.69, 9.17) is 22.1 Å². The van der Waals surface area contributed by atoms with Crippen LogP contribution in [0.2, 0.25) is 5.02 Å². The number of aryl methyl sites for hydroxylation is 1. The van der Waals surface area contributed by atoms with Crippen molar-refractivity contribution in [2.45, 2.75) is 26.3 Å². The smallest absolute Gasteiger partial charge is 0.222 e. The van der Waals surface area contributed by atoms with Gasteiger partial charge in [0.2, 0.25) is 5.88 Å². The van der Waals surface area contributed by atoms with E-state index in [0.717, 1.165) is 11.1 Å². The number of aromatic nitrogens is 1. The Balaban J connectivity index is 2.27. The maximum Gasteiger partial charge on any atom is 0.222 e. The van der Waals surface area contributed by atoms with Gasteiger partial charge in [-0.15, -0.1) is 0 Å². The zero-order valence-electron chi connectivity index (χ0n) is 11.1. The van der Waals surface area contributed by atoms with E-state index in [1.807, 2.05) is 44.2 Å². The predicted molar refractivity (Wildman–Crippen MR) is 77.9 cm³/mol. The second kappa shape index (κ2) is 6.04. The highest BCUT2D eigenvalue weighted by Crippen LogP contribution is 2.30. The summed E-state index contributed by atoms with van der Waals surface area (Å²) in [5, 5.41) is 0.581. The summed E-state index contributed by atoms with van der Waals surface area (Å²) in [6, 6.07) is 9.57. The summed E-state index contributed by atoms with van der Waals surface area (Å²) in [4.78, 5) is 4.25. The molecule has 0 saturated heterocycles. The lowest BCUT2D eigenvalue weighted by Crippen LogP contribution is -2.18. The fourth-order valence-corrected chi connectivity index (χ4v) is 2.08. The van der Waals surface area contributed by atoms with Gasteiger partial charge < -0.3 is 10.5 Å². The fourth-order valence-electron chi connectivity index (χ4n) is 1.81. The van der Waals surface area contributed by atoms with Gasteiger partial charge in [0.15, 0.2) is 0 Å². The van der Waals surface area contributed by atoms with Crippen LogP contribution in [0.5, 0.6) is 11.6 Å². The lowest BCUT2D eigenvalue weighted by atomic mass is 10.1. The predicted octanol–water partition coefficient (Wildman–Crippen LogP) is 3.73. The van der Waals surface area contributed by atoms with Crippen LogP contribution < -0.4 is 10.5 Å². The Hall–Kier alpha value is -1.58. The molecule has 2 N–H and O–H groups in total. The minimum atomic E-state index is 0.0556. The number of rotatable bonds is 4. The molecule has 0 bridgehead atoms. The quantitative estimate of drug-likeness (QED) is 0.926. The zero-order chi connectivity index (χ0) is 13.8. The lowest BCUT2D eigenvalue weighted by molar-refractivity contribution is 0.454. The number of nitrogens with zero attached hydrogens (tertiary/aromatic N) is 1. The van der Waals surface area contributed by atoms with Crippen LogP contribution in [-0.2, 0) is 6.42 Å². The Morgan fingerprint density at radius 2 is 2.16 bits per heavy atom. The molecular formula is C15H17ClN2O. The van der Waals surface area contributed by atoms with Gasteiger partial charge in [0.1, 0.15) is 5.75 Å². The van der Waals surface area contributed by atoms with Crippen LogP contribution in [0, 0.1) is 6.92 Å². The monoisotopic (exact) mass is 276 g/mol. The number of halogens is 1. The number of ether oxygens (including phenoxy) is 1. The van der Waals surface area contributed by atoms with Crippen LogP contribution in [0.1, 0.15) is 18.1 Å². The molecule has 1 unspecified atom stereocenters. The molecule has 0 aliphatic carbocycles. The summed E-state index contributed by atoms with van der Waals surface area (Å²) in [6.07, 6.45) is 2.41. The van der Waals surface area contributed by atoms with Crippen molar-refractivity contribution in [3.63, 3.8) is 0 Å². The molecule has 0 aliphatic rings. The Morgan fingerprint density at radius 3 is 2.84 bits per heavy atom. The van der Waals surface area contributed by atoms with Crippen molar-refractivity contribution in [2.24, 2.45) is 5.73 Å². The number of nitrogens with two attached hydrogens (primary N) is 1. The Morgan fingerprint density at radius 1 is 1.37 bits per heavy atom. The van der Waals surface area contributed by atoms with Gasteiger partial charge in [-0.2, -0.15) is 0 Å². The minimum absolute atomic E-state index is 0.0556. The van der Waals surface area contributed by atoms with E-state index in [1.54, 1.807) is 6.20 Å². The van der Waals surface area contributed by atoms with Crippen LogP contribution in [0.25, 0.3) is 0 Å². The molecule has 1 atom stereocenters. The molecule has 19 heavy (non-hydrogen) atoms. The maximum absolute atomic E-state index is 6.16. The standard InChI is InChI=1S/C15H17ClN2O/c1-10-5-6-14(13(16)8-10)19-15-12(9-11(2)17)4-3-7-18-15/h3-8,11H,9,17H2,1-2H3. The van der Waals surface area contributed by atoms with Crippen molar-refractivity contribution in [1.29, 1.82) is 0 Å². The van der Waals surface area contributed by atoms with E-state index in [-0.39, 0.29) is 6.04 Å². The minimum Gasteiger partial charge on any atom is -0.437 e. The largest absolute Gasteiger partial charge is 0.437 e. The van der Waals surface area contributed by atoms with Crippen LogP contribution in [0.15, 0.2) is 36.5 Å². The van der Waals surface area contributed by atoms with Gasteiger partial charge in [0, 0.05) is 17.8 Å². The third-order valence-electron chi connectivity index (χ3n) is 2.69. The number of benzene rings is 1. The molecule has 3 nitrogen and oxygen atoms in total. The SMILES string of the molecule is Cc1ccc(Oc2ncccc2CC(C)N)c(Cl)c1. The lowest BCUT2D eigenvalue weighted by Gasteiger charge is -2.12. The van der Waals surface area contributed by atoms with Crippen LogP contribution in [-0.4, -0.2) is 11.0 Å². The average molecular weight is 277 g/mol. The molecule has 0 radical (unpaired) electrons. The maximum atomic E-state index is 6.16. The van der Waals surface area contributed by atoms with E-state index in [1.165, 1.54) is 0 Å². The average Bonchev–Trinajstić information content (AvgIpc) is 2.34. The highest BCUT2D eigenvalue weighted by molar-refractivity contribution is 6.32. The summed E-state index contributed by atoms with van der Waals surface area (Å²) in [5.41, 5.74) is 7.90. The third-order valence-corrected chi connectivity index (χ3v) is 2.98. The normalized spacial score (nSPS) is 12.2. The van der Waals surface area contributed by atoms with E-state index in [9.17, 15) is 0 Å². The van der Waals surface area contributed by atoms with Gasteiger partial charge in [-0.25, -0.2) is 4.98 Å². The van der Waals surface area contributed by atoms with Crippen molar-refractivity contribution in [3.8, 4) is 11.6 Å². The topological polar surface area (TPSA) is 48.1 Å². The first-order valence-corrected chi connectivity index (χ1v) is 6.57. The molecule has 1 aromatic carbocycles. The Bertz CT molecular complexity index is 570. The van der Waals surface area contributed by atoms with Crippen LogP contribution in [0.4, 0.5) is 0 Å². The number of hydrogen-bond acceptors (Lipinski definition) is 3. The molecule has 100 valence electrons. The van der Waals surface area contributed by atoms with Crippen LogP contribution >= 0.6 is 11.6 Å². The molecule has 0 fully saturated rings. The molecule has 2 rings (SSSR count). The van der Waals surface area contributed by atoms with E-state index < -0.39 is 0 Å². The molecule has 2 aromatic rings. The first kappa shape index (κ1) is 13.8.